The number of nitrogens with zero attached hydrogens (tertiary/aromatic N) is 2. The average molecular weight is 450 g/mol. The maximum Gasteiger partial charge on any atom is 0.243 e. The minimum Gasteiger partial charge on any atom is -0.350 e. The number of nitrogens with one attached hydrogen (secondary N) is 1. The number of carbonyl (C=O) groups excluding carboxylic acids is 1. The number of sulfonamides is 1. The van der Waals surface area contributed by atoms with Crippen molar-refractivity contribution in [1.82, 2.24) is 10.2 Å². The molecule has 0 radical (unpaired) electrons. The van der Waals surface area contributed by atoms with Crippen LogP contribution in [0.25, 0.3) is 0 Å². The smallest absolute Gasteiger partial charge is 0.243 e. The molecule has 0 saturated carbocycles. The summed E-state index contributed by atoms with van der Waals surface area (Å²) in [5.74, 6) is -0.370. The van der Waals surface area contributed by atoms with Crippen molar-refractivity contribution in [3.8, 4) is 0 Å². The number of anilines is 1. The summed E-state index contributed by atoms with van der Waals surface area (Å²) in [7, 11) is -3.67. The predicted molar refractivity (Wildman–Crippen MR) is 121 cm³/mol. The molecule has 1 aliphatic heterocycles. The summed E-state index contributed by atoms with van der Waals surface area (Å²) in [5, 5.41) is 3.27. The third kappa shape index (κ3) is 5.97. The molecule has 30 heavy (non-hydrogen) atoms. The molecule has 0 bridgehead atoms. The van der Waals surface area contributed by atoms with Crippen molar-refractivity contribution in [2.75, 3.05) is 23.7 Å². The fourth-order valence-corrected chi connectivity index (χ4v) is 5.15. The average Bonchev–Trinajstić information content (AvgIpc) is 3.18. The molecule has 1 heterocycles. The van der Waals surface area contributed by atoms with Gasteiger partial charge in [-0.2, -0.15) is 0 Å². The van der Waals surface area contributed by atoms with E-state index in [-0.39, 0.29) is 5.91 Å². The van der Waals surface area contributed by atoms with Gasteiger partial charge in [0.25, 0.3) is 0 Å². The van der Waals surface area contributed by atoms with Gasteiger partial charge in [-0.15, -0.1) is 0 Å². The molecule has 6 nitrogen and oxygen atoms in total. The summed E-state index contributed by atoms with van der Waals surface area (Å²) in [6.45, 7) is 5.08. The summed E-state index contributed by atoms with van der Waals surface area (Å²) < 4.78 is 25.8. The third-order valence-corrected chi connectivity index (χ3v) is 6.69. The Balaban J connectivity index is 1.67. The molecule has 162 valence electrons. The molecule has 0 aliphatic carbocycles. The topological polar surface area (TPSA) is 69.7 Å². The molecule has 2 aromatic carbocycles. The molecule has 1 amide bonds. The highest BCUT2D eigenvalue weighted by Gasteiger charge is 2.29. The van der Waals surface area contributed by atoms with Crippen LogP contribution in [0.2, 0.25) is 5.02 Å². The van der Waals surface area contributed by atoms with Gasteiger partial charge in [0.15, 0.2) is 0 Å². The third-order valence-electron chi connectivity index (χ3n) is 5.21. The van der Waals surface area contributed by atoms with Crippen LogP contribution in [0.3, 0.4) is 0 Å². The highest BCUT2D eigenvalue weighted by molar-refractivity contribution is 7.92. The largest absolute Gasteiger partial charge is 0.350 e. The van der Waals surface area contributed by atoms with Crippen LogP contribution >= 0.6 is 11.6 Å². The Labute approximate surface area is 183 Å². The Morgan fingerprint density at radius 3 is 2.47 bits per heavy atom. The number of benzene rings is 2. The van der Waals surface area contributed by atoms with Gasteiger partial charge in [0.2, 0.25) is 15.9 Å². The van der Waals surface area contributed by atoms with Gasteiger partial charge in [-0.3, -0.25) is 14.0 Å². The van der Waals surface area contributed by atoms with Crippen molar-refractivity contribution in [3.05, 3.63) is 64.7 Å². The molecule has 2 aromatic rings. The van der Waals surface area contributed by atoms with E-state index < -0.39 is 16.1 Å². The number of halogens is 1. The Bertz CT molecular complexity index is 991. The molecule has 0 spiro atoms. The number of hydrogen-bond acceptors (Lipinski definition) is 4. The highest BCUT2D eigenvalue weighted by atomic mass is 35.5. The number of carbonyl (C=O) groups is 1. The lowest BCUT2D eigenvalue weighted by atomic mass is 10.1. The van der Waals surface area contributed by atoms with Crippen LogP contribution in [0.15, 0.2) is 48.5 Å². The lowest BCUT2D eigenvalue weighted by molar-refractivity contribution is -0.122. The van der Waals surface area contributed by atoms with Crippen molar-refractivity contribution < 1.29 is 13.2 Å². The van der Waals surface area contributed by atoms with Crippen LogP contribution in [0.1, 0.15) is 30.9 Å². The summed E-state index contributed by atoms with van der Waals surface area (Å²) in [5.41, 5.74) is 2.56. The van der Waals surface area contributed by atoms with Crippen LogP contribution in [-0.2, 0) is 27.9 Å². The summed E-state index contributed by atoms with van der Waals surface area (Å²) in [4.78, 5) is 15.2. The molecule has 3 rings (SSSR count). The monoisotopic (exact) mass is 449 g/mol. The quantitative estimate of drug-likeness (QED) is 0.670. The van der Waals surface area contributed by atoms with E-state index in [9.17, 15) is 13.2 Å². The molecule has 0 unspecified atom stereocenters. The molecule has 1 saturated heterocycles. The Morgan fingerprint density at radius 1 is 1.13 bits per heavy atom. The van der Waals surface area contributed by atoms with Crippen LogP contribution in [0, 0.1) is 0 Å². The highest BCUT2D eigenvalue weighted by Crippen LogP contribution is 2.24. The van der Waals surface area contributed by atoms with E-state index in [1.807, 2.05) is 12.1 Å². The van der Waals surface area contributed by atoms with Gasteiger partial charge in [0.1, 0.15) is 6.04 Å². The van der Waals surface area contributed by atoms with Crippen LogP contribution in [0.4, 0.5) is 5.69 Å². The summed E-state index contributed by atoms with van der Waals surface area (Å²) in [6.07, 6.45) is 3.58. The van der Waals surface area contributed by atoms with Gasteiger partial charge in [0.05, 0.1) is 11.9 Å². The standard InChI is InChI=1S/C22H28ClN3O3S/c1-17(26(30(2,28)29)21-10-6-9-20(23)14-21)22(27)24-15-18-7-5-8-19(13-18)16-25-11-3-4-12-25/h5-10,13-14,17H,3-4,11-12,15-16H2,1-2H3,(H,24,27)/t17-/m1/s1. The second-order valence-corrected chi connectivity index (χ2v) is 10.0. The first-order chi connectivity index (χ1) is 14.2. The molecule has 1 atom stereocenters. The minimum atomic E-state index is -3.67. The van der Waals surface area contributed by atoms with Crippen molar-refractivity contribution >= 4 is 33.2 Å². The van der Waals surface area contributed by atoms with Crippen molar-refractivity contribution in [3.63, 3.8) is 0 Å². The SMILES string of the molecule is C[C@H](C(=O)NCc1cccc(CN2CCCC2)c1)N(c1cccc(Cl)c1)S(C)(=O)=O. The van der Waals surface area contributed by atoms with Crippen LogP contribution < -0.4 is 9.62 Å². The van der Waals surface area contributed by atoms with E-state index in [2.05, 4.69) is 22.3 Å². The van der Waals surface area contributed by atoms with Crippen LogP contribution in [0.5, 0.6) is 0 Å². The molecular weight excluding hydrogens is 422 g/mol. The van der Waals surface area contributed by atoms with Crippen molar-refractivity contribution in [1.29, 1.82) is 0 Å². The van der Waals surface area contributed by atoms with E-state index in [1.165, 1.54) is 24.5 Å². The first-order valence-corrected chi connectivity index (χ1v) is 12.3. The van der Waals surface area contributed by atoms with E-state index in [0.717, 1.165) is 35.8 Å². The molecule has 0 aromatic heterocycles. The number of likely N-dealkylation sites (tertiary alicyclic amines) is 1. The number of hydrogen-bond donors (Lipinski definition) is 1. The van der Waals surface area contributed by atoms with E-state index in [4.69, 9.17) is 11.6 Å². The van der Waals surface area contributed by atoms with E-state index in [1.54, 1.807) is 25.1 Å². The molecular formula is C22H28ClN3O3S. The van der Waals surface area contributed by atoms with Gasteiger partial charge in [-0.05, 0) is 62.2 Å². The first-order valence-electron chi connectivity index (χ1n) is 10.1. The zero-order chi connectivity index (χ0) is 21.7. The molecule has 1 fully saturated rings. The zero-order valence-corrected chi connectivity index (χ0v) is 18.9. The van der Waals surface area contributed by atoms with Gasteiger partial charge in [-0.25, -0.2) is 8.42 Å². The number of amides is 1. The summed E-state index contributed by atoms with van der Waals surface area (Å²) >= 11 is 6.01. The van der Waals surface area contributed by atoms with Gasteiger partial charge >= 0.3 is 0 Å². The fraction of sp³-hybridized carbons (Fsp3) is 0.409. The fourth-order valence-electron chi connectivity index (χ4n) is 3.80. The Kier molecular flexibility index (Phi) is 7.39. The second kappa shape index (κ2) is 9.81. The lowest BCUT2D eigenvalue weighted by Gasteiger charge is -2.28. The Morgan fingerprint density at radius 2 is 1.80 bits per heavy atom. The minimum absolute atomic E-state index is 0.337. The molecule has 1 N–H and O–H groups in total. The van der Waals surface area contributed by atoms with Gasteiger partial charge in [0, 0.05) is 18.1 Å². The van der Waals surface area contributed by atoms with Crippen molar-refractivity contribution in [2.45, 2.75) is 38.9 Å². The first kappa shape index (κ1) is 22.6. The lowest BCUT2D eigenvalue weighted by Crippen LogP contribution is -2.47. The molecule has 8 heteroatoms. The van der Waals surface area contributed by atoms with Gasteiger partial charge < -0.3 is 5.32 Å². The van der Waals surface area contributed by atoms with E-state index >= 15 is 0 Å². The van der Waals surface area contributed by atoms with Crippen molar-refractivity contribution in [2.24, 2.45) is 0 Å². The molecule has 1 aliphatic rings. The van der Waals surface area contributed by atoms with Gasteiger partial charge in [-0.1, -0.05) is 41.9 Å². The number of rotatable bonds is 8. The predicted octanol–water partition coefficient (Wildman–Crippen LogP) is 3.41. The summed E-state index contributed by atoms with van der Waals surface area (Å²) in [6, 6.07) is 13.7. The Hall–Kier alpha value is -2.09. The second-order valence-electron chi connectivity index (χ2n) is 7.74. The normalized spacial score (nSPS) is 15.7. The van der Waals surface area contributed by atoms with Crippen LogP contribution in [-0.4, -0.2) is 44.6 Å². The maximum absolute atomic E-state index is 12.8. The maximum atomic E-state index is 12.8. The zero-order valence-electron chi connectivity index (χ0n) is 17.3. The van der Waals surface area contributed by atoms with E-state index in [0.29, 0.717) is 17.3 Å².